The normalized spacial score (nSPS) is 24.5. The smallest absolute Gasteiger partial charge is 0.223 e. The number of carbonyl (C=O) groups excluding carboxylic acids is 1. The van der Waals surface area contributed by atoms with E-state index in [2.05, 4.69) is 20.9 Å². The second-order valence-corrected chi connectivity index (χ2v) is 7.43. The first-order valence-corrected chi connectivity index (χ1v) is 9.69. The topological polar surface area (TPSA) is 79.9 Å². The fourth-order valence-electron chi connectivity index (χ4n) is 4.06. The summed E-state index contributed by atoms with van der Waals surface area (Å²) < 4.78 is 8.16. The van der Waals surface area contributed by atoms with Crippen molar-refractivity contribution in [3.63, 3.8) is 0 Å². The van der Waals surface area contributed by atoms with Gasteiger partial charge in [0, 0.05) is 37.3 Å². The van der Waals surface area contributed by atoms with Crippen LogP contribution < -0.4 is 10.1 Å². The summed E-state index contributed by atoms with van der Waals surface area (Å²) in [6, 6.07) is 9.74. The van der Waals surface area contributed by atoms with Crippen molar-refractivity contribution in [2.75, 3.05) is 0 Å². The number of aromatic nitrogens is 2. The molecule has 4 rings (SSSR count). The third-order valence-electron chi connectivity index (χ3n) is 5.64. The Kier molecular flexibility index (Phi) is 5.10. The molecule has 140 valence electrons. The summed E-state index contributed by atoms with van der Waals surface area (Å²) in [4.78, 5) is 17.0. The molecule has 1 N–H and O–H groups in total. The van der Waals surface area contributed by atoms with Crippen molar-refractivity contribution in [2.45, 2.75) is 57.2 Å². The van der Waals surface area contributed by atoms with Crippen molar-refractivity contribution in [2.24, 2.45) is 5.92 Å². The number of carbonyl (C=O) groups is 1. The Balaban J connectivity index is 1.26. The Morgan fingerprint density at radius 2 is 2.04 bits per heavy atom. The number of rotatable bonds is 4. The van der Waals surface area contributed by atoms with Gasteiger partial charge in [-0.15, -0.1) is 0 Å². The zero-order chi connectivity index (χ0) is 18.6. The van der Waals surface area contributed by atoms with E-state index in [0.717, 1.165) is 50.9 Å². The predicted molar refractivity (Wildman–Crippen MR) is 100 cm³/mol. The first kappa shape index (κ1) is 17.6. The van der Waals surface area contributed by atoms with Crippen LogP contribution in [0.25, 0.3) is 0 Å². The van der Waals surface area contributed by atoms with Crippen LogP contribution in [-0.2, 0) is 17.8 Å². The minimum atomic E-state index is 0.0244. The number of nitrogens with zero attached hydrogens (tertiary/aromatic N) is 3. The highest BCUT2D eigenvalue weighted by Crippen LogP contribution is 2.27. The molecule has 1 aliphatic carbocycles. The molecule has 1 atom stereocenters. The van der Waals surface area contributed by atoms with Crippen LogP contribution in [0.5, 0.6) is 5.75 Å². The van der Waals surface area contributed by atoms with E-state index >= 15 is 0 Å². The van der Waals surface area contributed by atoms with Crippen LogP contribution in [0, 0.1) is 17.2 Å². The minimum Gasteiger partial charge on any atom is -0.489 e. The average molecular weight is 364 g/mol. The van der Waals surface area contributed by atoms with Gasteiger partial charge in [-0.1, -0.05) is 12.1 Å². The molecule has 1 amide bonds. The first-order valence-electron chi connectivity index (χ1n) is 9.69. The van der Waals surface area contributed by atoms with Gasteiger partial charge in [0.25, 0.3) is 0 Å². The van der Waals surface area contributed by atoms with Gasteiger partial charge < -0.3 is 14.6 Å². The van der Waals surface area contributed by atoms with Gasteiger partial charge in [-0.2, -0.15) is 5.26 Å². The van der Waals surface area contributed by atoms with Crippen LogP contribution in [0.3, 0.4) is 0 Å². The molecule has 2 aliphatic rings. The number of ether oxygens (including phenoxy) is 1. The molecule has 2 heterocycles. The van der Waals surface area contributed by atoms with E-state index in [1.54, 1.807) is 12.3 Å². The van der Waals surface area contributed by atoms with Crippen molar-refractivity contribution >= 4 is 5.91 Å². The van der Waals surface area contributed by atoms with Crippen molar-refractivity contribution in [1.29, 1.82) is 5.26 Å². The molecule has 1 aromatic carbocycles. The van der Waals surface area contributed by atoms with E-state index in [0.29, 0.717) is 11.3 Å². The molecule has 0 radical (unpaired) electrons. The highest BCUT2D eigenvalue weighted by atomic mass is 16.5. The molecule has 1 saturated carbocycles. The van der Waals surface area contributed by atoms with E-state index in [1.165, 1.54) is 0 Å². The molecule has 0 saturated heterocycles. The van der Waals surface area contributed by atoms with Gasteiger partial charge in [0.05, 0.1) is 11.7 Å². The zero-order valence-electron chi connectivity index (χ0n) is 15.3. The molecule has 6 nitrogen and oxygen atoms in total. The largest absolute Gasteiger partial charge is 0.489 e. The van der Waals surface area contributed by atoms with Crippen LogP contribution in [0.4, 0.5) is 0 Å². The Morgan fingerprint density at radius 1 is 1.22 bits per heavy atom. The number of nitriles is 1. The van der Waals surface area contributed by atoms with Crippen molar-refractivity contribution < 1.29 is 9.53 Å². The summed E-state index contributed by atoms with van der Waals surface area (Å²) in [6.45, 7) is 0.867. The fourth-order valence-corrected chi connectivity index (χ4v) is 4.06. The summed E-state index contributed by atoms with van der Waals surface area (Å²) in [5.74, 6) is 1.85. The van der Waals surface area contributed by atoms with E-state index in [1.807, 2.05) is 24.4 Å². The fraction of sp³-hybridized carbons (Fsp3) is 0.476. The minimum absolute atomic E-state index is 0.0244. The SMILES string of the molecule is N#Cc1ccccc1OC1CCC(NC(=O)C2CCn3ccnc3C2)CC1. The number of benzene rings is 1. The number of amides is 1. The number of para-hydroxylation sites is 1. The predicted octanol–water partition coefficient (Wildman–Crippen LogP) is 2.82. The maximum absolute atomic E-state index is 12.6. The Hall–Kier alpha value is -2.81. The summed E-state index contributed by atoms with van der Waals surface area (Å²) in [5, 5.41) is 12.4. The summed E-state index contributed by atoms with van der Waals surface area (Å²) in [6.07, 6.45) is 9.09. The average Bonchev–Trinajstić information content (AvgIpc) is 3.17. The molecule has 0 spiro atoms. The van der Waals surface area contributed by atoms with E-state index in [9.17, 15) is 10.1 Å². The maximum atomic E-state index is 12.6. The van der Waals surface area contributed by atoms with Crippen molar-refractivity contribution in [3.05, 3.63) is 48.0 Å². The third kappa shape index (κ3) is 3.97. The van der Waals surface area contributed by atoms with Crippen LogP contribution >= 0.6 is 0 Å². The van der Waals surface area contributed by atoms with Gasteiger partial charge in [-0.25, -0.2) is 4.98 Å². The van der Waals surface area contributed by atoms with Gasteiger partial charge in [0.15, 0.2) is 0 Å². The number of imidazole rings is 1. The van der Waals surface area contributed by atoms with Crippen molar-refractivity contribution in [3.8, 4) is 11.8 Å². The summed E-state index contributed by atoms with van der Waals surface area (Å²) in [7, 11) is 0. The lowest BCUT2D eigenvalue weighted by Crippen LogP contribution is -2.44. The van der Waals surface area contributed by atoms with Gasteiger partial charge in [-0.3, -0.25) is 4.79 Å². The molecular weight excluding hydrogens is 340 g/mol. The number of aryl methyl sites for hydroxylation is 1. The van der Waals surface area contributed by atoms with Crippen LogP contribution in [0.1, 0.15) is 43.5 Å². The van der Waals surface area contributed by atoms with Crippen LogP contribution in [0.2, 0.25) is 0 Å². The zero-order valence-corrected chi connectivity index (χ0v) is 15.3. The molecule has 2 aromatic rings. The standard InChI is InChI=1S/C21H24N4O2/c22-14-16-3-1-2-4-19(16)27-18-7-5-17(6-8-18)24-21(26)15-9-11-25-12-10-23-20(25)13-15/h1-4,10,12,15,17-18H,5-9,11,13H2,(H,24,26). The van der Waals surface area contributed by atoms with Gasteiger partial charge in [0.2, 0.25) is 5.91 Å². The second-order valence-electron chi connectivity index (χ2n) is 7.43. The Labute approximate surface area is 159 Å². The quantitative estimate of drug-likeness (QED) is 0.905. The van der Waals surface area contributed by atoms with E-state index < -0.39 is 0 Å². The Morgan fingerprint density at radius 3 is 2.85 bits per heavy atom. The number of nitrogens with one attached hydrogen (secondary N) is 1. The third-order valence-corrected chi connectivity index (χ3v) is 5.64. The Bertz CT molecular complexity index is 846. The monoisotopic (exact) mass is 364 g/mol. The summed E-state index contributed by atoms with van der Waals surface area (Å²) >= 11 is 0. The lowest BCUT2D eigenvalue weighted by atomic mass is 9.91. The van der Waals surface area contributed by atoms with Crippen LogP contribution in [0.15, 0.2) is 36.7 Å². The lowest BCUT2D eigenvalue weighted by Gasteiger charge is -2.31. The number of hydrogen-bond acceptors (Lipinski definition) is 4. The molecule has 1 unspecified atom stereocenters. The highest BCUT2D eigenvalue weighted by Gasteiger charge is 2.29. The molecule has 1 aliphatic heterocycles. The molecule has 1 aromatic heterocycles. The number of hydrogen-bond donors (Lipinski definition) is 1. The summed E-state index contributed by atoms with van der Waals surface area (Å²) in [5.41, 5.74) is 0.573. The van der Waals surface area contributed by atoms with Gasteiger partial charge in [-0.05, 0) is 44.2 Å². The lowest BCUT2D eigenvalue weighted by molar-refractivity contribution is -0.126. The van der Waals surface area contributed by atoms with Crippen LogP contribution in [-0.4, -0.2) is 27.6 Å². The first-order chi connectivity index (χ1) is 13.2. The second kappa shape index (κ2) is 7.83. The van der Waals surface area contributed by atoms with Crippen molar-refractivity contribution in [1.82, 2.24) is 14.9 Å². The van der Waals surface area contributed by atoms with E-state index in [4.69, 9.17) is 4.74 Å². The van der Waals surface area contributed by atoms with Gasteiger partial charge >= 0.3 is 0 Å². The molecule has 0 bridgehead atoms. The number of fused-ring (bicyclic) bond motifs is 1. The maximum Gasteiger partial charge on any atom is 0.223 e. The highest BCUT2D eigenvalue weighted by molar-refractivity contribution is 5.79. The van der Waals surface area contributed by atoms with Gasteiger partial charge in [0.1, 0.15) is 17.6 Å². The molecule has 1 fully saturated rings. The molecule has 27 heavy (non-hydrogen) atoms. The molecule has 6 heteroatoms. The molecular formula is C21H24N4O2. The van der Waals surface area contributed by atoms with E-state index in [-0.39, 0.29) is 24.0 Å².